The number of nitro groups is 1. The highest BCUT2D eigenvalue weighted by molar-refractivity contribution is 9.10. The van der Waals surface area contributed by atoms with Crippen molar-refractivity contribution in [1.29, 1.82) is 0 Å². The summed E-state index contributed by atoms with van der Waals surface area (Å²) >= 11 is 3.22. The van der Waals surface area contributed by atoms with Crippen molar-refractivity contribution >= 4 is 30.1 Å². The zero-order valence-corrected chi connectivity index (χ0v) is 21.6. The minimum absolute atomic E-state index is 0.0275. The van der Waals surface area contributed by atoms with Crippen LogP contribution >= 0.6 is 15.9 Å². The van der Waals surface area contributed by atoms with E-state index in [1.54, 1.807) is 4.57 Å². The molecule has 0 radical (unpaired) electrons. The molecule has 0 aliphatic heterocycles. The van der Waals surface area contributed by atoms with E-state index >= 15 is 0 Å². The van der Waals surface area contributed by atoms with Gasteiger partial charge in [-0.3, -0.25) is 4.57 Å². The molecular formula is C20H27BrF3N3O5Si. The van der Waals surface area contributed by atoms with Gasteiger partial charge in [0.05, 0.1) is 25.9 Å². The molecular weight excluding hydrogens is 527 g/mol. The minimum Gasteiger partial charge on any atom is -0.414 e. The van der Waals surface area contributed by atoms with Crippen LogP contribution in [-0.4, -0.2) is 41.9 Å². The van der Waals surface area contributed by atoms with Crippen molar-refractivity contribution in [2.75, 3.05) is 6.61 Å². The first-order chi connectivity index (χ1) is 15.1. The molecule has 0 aliphatic carbocycles. The Morgan fingerprint density at radius 3 is 2.30 bits per heavy atom. The Labute approximate surface area is 199 Å². The number of hydrogen-bond acceptors (Lipinski definition) is 6. The number of nitrogens with zero attached hydrogens (tertiary/aromatic N) is 3. The maximum absolute atomic E-state index is 12.3. The molecule has 0 bridgehead atoms. The summed E-state index contributed by atoms with van der Waals surface area (Å²) in [7, 11) is -2.10. The topological polar surface area (TPSA) is 88.7 Å². The fourth-order valence-corrected chi connectivity index (χ4v) is 3.95. The van der Waals surface area contributed by atoms with Crippen molar-refractivity contribution in [2.24, 2.45) is 0 Å². The SMILES string of the molecule is CC(C)(C)[Si](C)(C)OC[C@H](Cn1cc([N+](=O)[O-])nc1Br)OCc1ccc(OC(F)(F)F)cc1. The molecule has 184 valence electrons. The highest BCUT2D eigenvalue weighted by atomic mass is 79.9. The zero-order chi connectivity index (χ0) is 25.0. The lowest BCUT2D eigenvalue weighted by molar-refractivity contribution is -0.389. The fourth-order valence-electron chi connectivity index (χ4n) is 2.49. The Bertz CT molecular complexity index is 946. The lowest BCUT2D eigenvalue weighted by Crippen LogP contribution is -2.43. The quantitative estimate of drug-likeness (QED) is 0.202. The maximum Gasteiger partial charge on any atom is 0.573 e. The predicted octanol–water partition coefficient (Wildman–Crippen LogP) is 6.06. The number of halogens is 4. The van der Waals surface area contributed by atoms with E-state index in [2.05, 4.69) is 59.5 Å². The van der Waals surface area contributed by atoms with E-state index in [9.17, 15) is 23.3 Å². The van der Waals surface area contributed by atoms with E-state index in [0.29, 0.717) is 5.56 Å². The maximum atomic E-state index is 12.3. The number of benzene rings is 1. The average molecular weight is 554 g/mol. The molecule has 2 aromatic rings. The lowest BCUT2D eigenvalue weighted by atomic mass is 10.2. The molecule has 0 unspecified atom stereocenters. The summed E-state index contributed by atoms with van der Waals surface area (Å²) in [6.45, 7) is 11.1. The monoisotopic (exact) mass is 553 g/mol. The standard InChI is InChI=1S/C20H27BrF3N3O5Si/c1-19(2,3)33(4,5)31-13-16(10-26-11-17(27(28)29)25-18(26)21)30-12-14-6-8-15(9-7-14)32-20(22,23)24/h6-9,11,16H,10,12-13H2,1-5H3/t16-/m0/s1. The Morgan fingerprint density at radius 1 is 1.21 bits per heavy atom. The Hall–Kier alpha value is -1.96. The Balaban J connectivity index is 2.12. The normalized spacial score (nSPS) is 13.7. The first-order valence-corrected chi connectivity index (χ1v) is 13.7. The first-order valence-electron chi connectivity index (χ1n) is 10.0. The molecule has 2 rings (SSSR count). The smallest absolute Gasteiger partial charge is 0.414 e. The molecule has 0 saturated heterocycles. The second-order valence-electron chi connectivity index (χ2n) is 8.97. The third kappa shape index (κ3) is 8.39. The van der Waals surface area contributed by atoms with Gasteiger partial charge in [-0.25, -0.2) is 0 Å². The van der Waals surface area contributed by atoms with Crippen LogP contribution in [0, 0.1) is 10.1 Å². The molecule has 1 aromatic carbocycles. The van der Waals surface area contributed by atoms with Crippen LogP contribution in [0.3, 0.4) is 0 Å². The summed E-state index contributed by atoms with van der Waals surface area (Å²) in [6, 6.07) is 5.38. The highest BCUT2D eigenvalue weighted by Crippen LogP contribution is 2.36. The summed E-state index contributed by atoms with van der Waals surface area (Å²) in [5.74, 6) is -0.620. The predicted molar refractivity (Wildman–Crippen MR) is 121 cm³/mol. The largest absolute Gasteiger partial charge is 0.573 e. The highest BCUT2D eigenvalue weighted by Gasteiger charge is 2.38. The van der Waals surface area contributed by atoms with E-state index in [0.717, 1.165) is 0 Å². The van der Waals surface area contributed by atoms with Crippen molar-refractivity contribution in [1.82, 2.24) is 9.55 Å². The molecule has 8 nitrogen and oxygen atoms in total. The molecule has 0 N–H and O–H groups in total. The summed E-state index contributed by atoms with van der Waals surface area (Å²) < 4.78 is 55.0. The van der Waals surface area contributed by atoms with Crippen LogP contribution in [0.25, 0.3) is 0 Å². The first kappa shape index (κ1) is 27.3. The van der Waals surface area contributed by atoms with E-state index < -0.39 is 25.7 Å². The van der Waals surface area contributed by atoms with Gasteiger partial charge in [-0.05, 0) is 45.7 Å². The van der Waals surface area contributed by atoms with Gasteiger partial charge in [0.15, 0.2) is 8.32 Å². The molecule has 1 aromatic heterocycles. The van der Waals surface area contributed by atoms with Gasteiger partial charge in [-0.2, -0.15) is 0 Å². The molecule has 0 aliphatic rings. The van der Waals surface area contributed by atoms with Crippen LogP contribution < -0.4 is 4.74 Å². The van der Waals surface area contributed by atoms with Crippen molar-refractivity contribution in [3.63, 3.8) is 0 Å². The van der Waals surface area contributed by atoms with Gasteiger partial charge in [-0.1, -0.05) is 32.9 Å². The van der Waals surface area contributed by atoms with Gasteiger partial charge in [0.1, 0.15) is 11.9 Å². The van der Waals surface area contributed by atoms with Crippen LogP contribution in [0.5, 0.6) is 5.75 Å². The van der Waals surface area contributed by atoms with Crippen LogP contribution in [0.4, 0.5) is 19.0 Å². The van der Waals surface area contributed by atoms with Gasteiger partial charge in [0.2, 0.25) is 0 Å². The van der Waals surface area contributed by atoms with Gasteiger partial charge >= 0.3 is 12.2 Å². The number of rotatable bonds is 10. The van der Waals surface area contributed by atoms with E-state index in [-0.39, 0.29) is 41.1 Å². The van der Waals surface area contributed by atoms with Crippen LogP contribution in [0.2, 0.25) is 18.1 Å². The Kier molecular flexibility index (Phi) is 8.71. The summed E-state index contributed by atoms with van der Waals surface area (Å²) in [5, 5.41) is 11.0. The number of hydrogen-bond donors (Lipinski definition) is 0. The van der Waals surface area contributed by atoms with E-state index in [4.69, 9.17) is 9.16 Å². The second-order valence-corrected chi connectivity index (χ2v) is 14.5. The molecule has 1 heterocycles. The number of imidazole rings is 1. The molecule has 33 heavy (non-hydrogen) atoms. The van der Waals surface area contributed by atoms with Crippen LogP contribution in [0.1, 0.15) is 26.3 Å². The summed E-state index contributed by atoms with van der Waals surface area (Å²) in [5.41, 5.74) is 0.637. The van der Waals surface area contributed by atoms with Gasteiger partial charge < -0.3 is 24.0 Å². The Morgan fingerprint density at radius 2 is 1.82 bits per heavy atom. The minimum atomic E-state index is -4.76. The van der Waals surface area contributed by atoms with Gasteiger partial charge in [0, 0.05) is 15.9 Å². The molecule has 0 fully saturated rings. The average Bonchev–Trinajstić information content (AvgIpc) is 3.04. The third-order valence-electron chi connectivity index (χ3n) is 5.38. The molecule has 0 amide bonds. The number of alkyl halides is 3. The van der Waals surface area contributed by atoms with Gasteiger partial charge in [0.25, 0.3) is 4.73 Å². The summed E-state index contributed by atoms with van der Waals surface area (Å²) in [6.07, 6.45) is -3.95. The second kappa shape index (κ2) is 10.5. The lowest BCUT2D eigenvalue weighted by Gasteiger charge is -2.37. The molecule has 0 saturated carbocycles. The zero-order valence-electron chi connectivity index (χ0n) is 19.0. The van der Waals surface area contributed by atoms with E-state index in [1.807, 2.05) is 0 Å². The van der Waals surface area contributed by atoms with Crippen molar-refractivity contribution in [3.8, 4) is 5.75 Å². The van der Waals surface area contributed by atoms with Gasteiger partial charge in [-0.15, -0.1) is 13.2 Å². The molecule has 1 atom stereocenters. The van der Waals surface area contributed by atoms with Crippen LogP contribution in [-0.2, 0) is 22.3 Å². The number of ether oxygens (including phenoxy) is 2. The summed E-state index contributed by atoms with van der Waals surface area (Å²) in [4.78, 5) is 14.3. The fraction of sp³-hybridized carbons (Fsp3) is 0.550. The van der Waals surface area contributed by atoms with Crippen molar-refractivity contribution in [2.45, 2.75) is 64.5 Å². The molecule has 13 heteroatoms. The number of aromatic nitrogens is 2. The van der Waals surface area contributed by atoms with Crippen LogP contribution in [0.15, 0.2) is 35.2 Å². The van der Waals surface area contributed by atoms with E-state index in [1.165, 1.54) is 30.5 Å². The van der Waals surface area contributed by atoms with Crippen molar-refractivity contribution < 1.29 is 32.0 Å². The molecule has 0 spiro atoms. The third-order valence-corrected chi connectivity index (χ3v) is 10.5. The van der Waals surface area contributed by atoms with Crippen molar-refractivity contribution in [3.05, 3.63) is 50.9 Å².